The second kappa shape index (κ2) is 9.89. The number of benzene rings is 3. The van der Waals surface area contributed by atoms with Crippen molar-refractivity contribution in [1.82, 2.24) is 15.0 Å². The highest BCUT2D eigenvalue weighted by atomic mass is 15.1. The normalized spacial score (nSPS) is 13.4. The molecule has 2 aliphatic rings. The van der Waals surface area contributed by atoms with Crippen LogP contribution >= 0.6 is 0 Å². The molecule has 11 heteroatoms. The molecule has 3 heterocycles. The molecule has 6 rings (SSSR count). The van der Waals surface area contributed by atoms with Crippen LogP contribution in [0.5, 0.6) is 0 Å². The Hall–Kier alpha value is -6.69. The van der Waals surface area contributed by atoms with Gasteiger partial charge in [0.2, 0.25) is 0 Å². The predicted molar refractivity (Wildman–Crippen MR) is 143 cm³/mol. The number of hydrogen-bond donors (Lipinski definition) is 0. The summed E-state index contributed by atoms with van der Waals surface area (Å²) in [5, 5.41) is 30.7. The van der Waals surface area contributed by atoms with Crippen LogP contribution < -0.4 is 21.4 Å². The minimum absolute atomic E-state index is 0.0506. The summed E-state index contributed by atoms with van der Waals surface area (Å²) >= 11 is 0. The highest BCUT2D eigenvalue weighted by Crippen LogP contribution is 2.26. The van der Waals surface area contributed by atoms with Crippen LogP contribution in [-0.2, 0) is 0 Å². The van der Waals surface area contributed by atoms with Crippen LogP contribution in [-0.4, -0.2) is 15.0 Å². The Morgan fingerprint density at radius 2 is 1.41 bits per heavy atom. The lowest BCUT2D eigenvalue weighted by molar-refractivity contribution is 1.02. The fourth-order valence-electron chi connectivity index (χ4n) is 4.22. The largest absolute Gasteiger partial charge is 0.305 e. The maximum Gasteiger partial charge on any atom is 0.305 e. The summed E-state index contributed by atoms with van der Waals surface area (Å²) in [6.07, 6.45) is 0. The molecule has 2 aliphatic heterocycles. The van der Waals surface area contributed by atoms with Crippen LogP contribution in [0, 0.1) is 40.6 Å². The number of nitrogens with zero attached hydrogens (tertiary/aromatic N) is 11. The first-order chi connectivity index (χ1) is 20.0. The van der Waals surface area contributed by atoms with E-state index in [4.69, 9.17) is 16.5 Å². The molecule has 0 N–H and O–H groups in total. The highest BCUT2D eigenvalue weighted by Gasteiger charge is 2.20. The Morgan fingerprint density at radius 3 is 2.05 bits per heavy atom. The van der Waals surface area contributed by atoms with Gasteiger partial charge in [0.05, 0.1) is 45.9 Å². The van der Waals surface area contributed by atoms with Gasteiger partial charge < -0.3 is 0 Å². The number of nitriles is 3. The van der Waals surface area contributed by atoms with Gasteiger partial charge in [-0.25, -0.2) is 45.0 Å². The second-order valence-corrected chi connectivity index (χ2v) is 8.74. The van der Waals surface area contributed by atoms with Crippen LogP contribution in [0.4, 0.5) is 0 Å². The Kier molecular flexibility index (Phi) is 5.94. The van der Waals surface area contributed by atoms with Gasteiger partial charge in [-0.1, -0.05) is 12.1 Å². The summed E-state index contributed by atoms with van der Waals surface area (Å²) in [6.45, 7) is 9.02. The SMILES string of the molecule is [C-]#[N+]/C(C#N)=C1\N=c2ccc(-c3nc(C(C)=C4N=c5ccccc5=N4)nc(-c4ccc(C#N)cc4)n3)c(C#N)c2=N1. The van der Waals surface area contributed by atoms with E-state index < -0.39 is 0 Å². The van der Waals surface area contributed by atoms with Gasteiger partial charge in [-0.05, 0) is 55.5 Å². The van der Waals surface area contributed by atoms with E-state index in [1.54, 1.807) is 42.5 Å². The molecular formula is C30H13N11. The van der Waals surface area contributed by atoms with Gasteiger partial charge in [-0.3, -0.25) is 0 Å². The van der Waals surface area contributed by atoms with Gasteiger partial charge in [0.25, 0.3) is 0 Å². The van der Waals surface area contributed by atoms with Gasteiger partial charge >= 0.3 is 5.70 Å². The first kappa shape index (κ1) is 24.6. The van der Waals surface area contributed by atoms with E-state index in [2.05, 4.69) is 41.9 Å². The fourth-order valence-corrected chi connectivity index (χ4v) is 4.22. The number of fused-ring (bicyclic) bond motifs is 2. The lowest BCUT2D eigenvalue weighted by Crippen LogP contribution is -2.25. The molecule has 0 unspecified atom stereocenters. The van der Waals surface area contributed by atoms with Crippen molar-refractivity contribution in [3.63, 3.8) is 0 Å². The molecule has 0 bridgehead atoms. The third kappa shape index (κ3) is 4.28. The summed E-state index contributed by atoms with van der Waals surface area (Å²) < 4.78 is 0. The Balaban J connectivity index is 1.60. The monoisotopic (exact) mass is 527 g/mol. The summed E-state index contributed by atoms with van der Waals surface area (Å²) in [5.74, 6) is 1.22. The zero-order valence-electron chi connectivity index (χ0n) is 21.2. The van der Waals surface area contributed by atoms with Crippen molar-refractivity contribution in [3.05, 3.63) is 128 Å². The van der Waals surface area contributed by atoms with Crippen molar-refractivity contribution in [1.29, 1.82) is 15.8 Å². The van der Waals surface area contributed by atoms with Crippen molar-refractivity contribution in [3.8, 4) is 41.0 Å². The minimum Gasteiger partial charge on any atom is -0.238 e. The van der Waals surface area contributed by atoms with Crippen molar-refractivity contribution < 1.29 is 0 Å². The van der Waals surface area contributed by atoms with Crippen molar-refractivity contribution in [2.75, 3.05) is 0 Å². The van der Waals surface area contributed by atoms with Gasteiger partial charge in [-0.2, -0.15) is 10.5 Å². The van der Waals surface area contributed by atoms with Crippen LogP contribution in [0.3, 0.4) is 0 Å². The molecule has 0 spiro atoms. The van der Waals surface area contributed by atoms with E-state index >= 15 is 0 Å². The van der Waals surface area contributed by atoms with Gasteiger partial charge in [0, 0.05) is 16.7 Å². The molecular weight excluding hydrogens is 514 g/mol. The summed E-state index contributed by atoms with van der Waals surface area (Å²) in [5.41, 5.74) is 1.95. The first-order valence-electron chi connectivity index (χ1n) is 12.1. The molecule has 1 aromatic heterocycles. The van der Waals surface area contributed by atoms with Crippen LogP contribution in [0.25, 0.3) is 33.2 Å². The lowest BCUT2D eigenvalue weighted by atomic mass is 10.1. The zero-order chi connectivity index (χ0) is 28.5. The first-order valence-corrected chi connectivity index (χ1v) is 12.1. The molecule has 3 aromatic carbocycles. The Labute approximate surface area is 232 Å². The van der Waals surface area contributed by atoms with Crippen LogP contribution in [0.15, 0.2) is 98.0 Å². The topological polar surface area (TPSA) is 164 Å². The van der Waals surface area contributed by atoms with Crippen molar-refractivity contribution >= 4 is 5.57 Å². The maximum atomic E-state index is 10.1. The number of aromatic nitrogens is 3. The van der Waals surface area contributed by atoms with E-state index in [1.807, 2.05) is 31.2 Å². The zero-order valence-corrected chi connectivity index (χ0v) is 21.2. The minimum atomic E-state index is -0.274. The standard InChI is InChI=1S/C30H13N11/c1-16(26-35-21-5-3-4-6-22(21)36-26)27-39-28(18-9-7-17(13-31)8-10-18)41-29(40-27)19-11-12-23-25(20(19)14-32)38-30(37-23)24(15-33)34-2/h3-12H,1H3/b30-24+. The molecule has 4 aromatic rings. The predicted octanol–water partition coefficient (Wildman–Crippen LogP) is 2.46. The molecule has 0 saturated carbocycles. The van der Waals surface area contributed by atoms with E-state index in [-0.39, 0.29) is 28.3 Å². The smallest absolute Gasteiger partial charge is 0.238 e. The molecule has 188 valence electrons. The molecule has 0 aliphatic carbocycles. The number of hydrogen-bond acceptors (Lipinski definition) is 10. The Morgan fingerprint density at radius 1 is 0.732 bits per heavy atom. The average Bonchev–Trinajstić information content (AvgIpc) is 3.65. The average molecular weight is 528 g/mol. The highest BCUT2D eigenvalue weighted by molar-refractivity contribution is 5.70. The summed E-state index contributed by atoms with van der Waals surface area (Å²) in [7, 11) is 0. The molecule has 0 fully saturated rings. The number of allylic oxidation sites excluding steroid dienone is 2. The van der Waals surface area contributed by atoms with Crippen LogP contribution in [0.2, 0.25) is 0 Å². The molecule has 0 saturated heterocycles. The second-order valence-electron chi connectivity index (χ2n) is 8.74. The quantitative estimate of drug-likeness (QED) is 0.293. The van der Waals surface area contributed by atoms with Crippen molar-refractivity contribution in [2.45, 2.75) is 6.92 Å². The number of para-hydroxylation sites is 2. The molecule has 41 heavy (non-hydrogen) atoms. The Bertz CT molecular complexity index is 2250. The van der Waals surface area contributed by atoms with Crippen molar-refractivity contribution in [2.24, 2.45) is 20.0 Å². The molecule has 0 atom stereocenters. The number of rotatable bonds is 3. The third-order valence-electron chi connectivity index (χ3n) is 6.30. The van der Waals surface area contributed by atoms with Gasteiger partial charge in [0.1, 0.15) is 11.4 Å². The van der Waals surface area contributed by atoms with E-state index in [1.165, 1.54) is 0 Å². The molecule has 0 amide bonds. The fraction of sp³-hybridized carbons (Fsp3) is 0.0333. The van der Waals surface area contributed by atoms with E-state index in [0.29, 0.717) is 45.1 Å². The summed E-state index contributed by atoms with van der Waals surface area (Å²) in [6, 6.07) is 23.6. The lowest BCUT2D eigenvalue weighted by Gasteiger charge is -2.09. The molecule has 11 nitrogen and oxygen atoms in total. The summed E-state index contributed by atoms with van der Waals surface area (Å²) in [4.78, 5) is 35.0. The molecule has 0 radical (unpaired) electrons. The maximum absolute atomic E-state index is 10.1. The van der Waals surface area contributed by atoms with E-state index in [0.717, 1.165) is 10.7 Å². The third-order valence-corrected chi connectivity index (χ3v) is 6.30. The van der Waals surface area contributed by atoms with E-state index in [9.17, 15) is 15.8 Å². The van der Waals surface area contributed by atoms with Gasteiger partial charge in [-0.15, -0.1) is 0 Å². The van der Waals surface area contributed by atoms with Gasteiger partial charge in [0.15, 0.2) is 29.1 Å². The van der Waals surface area contributed by atoms with Crippen LogP contribution in [0.1, 0.15) is 23.9 Å².